The van der Waals surface area contributed by atoms with Crippen molar-refractivity contribution in [2.45, 2.75) is 29.0 Å². The predicted octanol–water partition coefficient (Wildman–Crippen LogP) is 3.45. The van der Waals surface area contributed by atoms with Gasteiger partial charge in [0.05, 0.1) is 11.3 Å². The summed E-state index contributed by atoms with van der Waals surface area (Å²) in [5.74, 6) is 1.55. The monoisotopic (exact) mass is 370 g/mol. The molecule has 1 N–H and O–H groups in total. The molecule has 2 atom stereocenters. The van der Waals surface area contributed by atoms with Crippen LogP contribution in [0.3, 0.4) is 0 Å². The highest BCUT2D eigenvalue weighted by Crippen LogP contribution is 2.29. The van der Waals surface area contributed by atoms with E-state index in [9.17, 15) is 10.1 Å². The number of nitriles is 1. The molecule has 0 saturated carbocycles. The maximum Gasteiger partial charge on any atom is 0.234 e. The second-order valence-corrected chi connectivity index (χ2v) is 8.13. The predicted molar refractivity (Wildman–Crippen MR) is 87.9 cm³/mol. The van der Waals surface area contributed by atoms with Gasteiger partial charge in [-0.3, -0.25) is 4.79 Å². The Morgan fingerprint density at radius 2 is 2.25 bits per heavy atom. The topological polar surface area (TPSA) is 52.9 Å². The quantitative estimate of drug-likeness (QED) is 0.824. The molecule has 0 spiro atoms. The van der Waals surface area contributed by atoms with Gasteiger partial charge in [0.25, 0.3) is 0 Å². The van der Waals surface area contributed by atoms with Crippen molar-refractivity contribution in [2.24, 2.45) is 0 Å². The van der Waals surface area contributed by atoms with Crippen molar-refractivity contribution < 1.29 is 4.79 Å². The van der Waals surface area contributed by atoms with Crippen LogP contribution in [0, 0.1) is 11.3 Å². The maximum absolute atomic E-state index is 12.2. The summed E-state index contributed by atoms with van der Waals surface area (Å²) in [6, 6.07) is 10.1. The smallest absolute Gasteiger partial charge is 0.234 e. The minimum Gasteiger partial charge on any atom is -0.336 e. The second kappa shape index (κ2) is 6.88. The first-order chi connectivity index (χ1) is 9.54. The van der Waals surface area contributed by atoms with Gasteiger partial charge in [-0.25, -0.2) is 0 Å². The van der Waals surface area contributed by atoms with Gasteiger partial charge >= 0.3 is 0 Å². The van der Waals surface area contributed by atoms with Crippen LogP contribution < -0.4 is 5.32 Å². The number of halogens is 1. The lowest BCUT2D eigenvalue weighted by Gasteiger charge is -2.23. The molecule has 3 nitrogen and oxygen atoms in total. The summed E-state index contributed by atoms with van der Waals surface area (Å²) in [7, 11) is 0. The van der Waals surface area contributed by atoms with E-state index in [1.54, 1.807) is 11.8 Å². The van der Waals surface area contributed by atoms with Crippen LogP contribution in [0.4, 0.5) is 0 Å². The lowest BCUT2D eigenvalue weighted by atomic mass is 10.0. The highest BCUT2D eigenvalue weighted by Gasteiger charge is 2.37. The molecular weight excluding hydrogens is 356 g/mol. The molecular formula is C14H15BrN2OS2. The molecule has 0 bridgehead atoms. The Morgan fingerprint density at radius 3 is 2.80 bits per heavy atom. The Labute approximate surface area is 136 Å². The fourth-order valence-corrected chi connectivity index (χ4v) is 4.29. The average Bonchev–Trinajstić information content (AvgIpc) is 2.90. The normalized spacial score (nSPS) is 23.1. The number of carbonyl (C=O) groups is 1. The van der Waals surface area contributed by atoms with Gasteiger partial charge < -0.3 is 5.32 Å². The SMILES string of the molecule is CC(Sc1ccc(Br)cc1)C(=O)NC1(C#N)CCSC1. The summed E-state index contributed by atoms with van der Waals surface area (Å²) < 4.78 is 1.02. The first kappa shape index (κ1) is 15.7. The van der Waals surface area contributed by atoms with Crippen molar-refractivity contribution in [3.63, 3.8) is 0 Å². The zero-order chi connectivity index (χ0) is 14.6. The van der Waals surface area contributed by atoms with E-state index < -0.39 is 5.54 Å². The first-order valence-electron chi connectivity index (χ1n) is 6.28. The molecule has 1 aromatic rings. The largest absolute Gasteiger partial charge is 0.336 e. The van der Waals surface area contributed by atoms with Gasteiger partial charge in [0, 0.05) is 15.1 Å². The number of amides is 1. The minimum atomic E-state index is -0.670. The number of rotatable bonds is 4. The molecule has 1 heterocycles. The molecule has 106 valence electrons. The third-order valence-corrected chi connectivity index (χ3v) is 5.92. The molecule has 6 heteroatoms. The number of carbonyl (C=O) groups excluding carboxylic acids is 1. The van der Waals surface area contributed by atoms with Gasteiger partial charge in [-0.15, -0.1) is 11.8 Å². The van der Waals surface area contributed by atoms with Crippen LogP contribution in [0.15, 0.2) is 33.6 Å². The van der Waals surface area contributed by atoms with E-state index in [2.05, 4.69) is 27.3 Å². The molecule has 0 aromatic heterocycles. The molecule has 1 aromatic carbocycles. The summed E-state index contributed by atoms with van der Waals surface area (Å²) in [6.07, 6.45) is 0.732. The Morgan fingerprint density at radius 1 is 1.55 bits per heavy atom. The van der Waals surface area contributed by atoms with Crippen molar-refractivity contribution in [2.75, 3.05) is 11.5 Å². The lowest BCUT2D eigenvalue weighted by molar-refractivity contribution is -0.121. The third-order valence-electron chi connectivity index (χ3n) is 3.09. The van der Waals surface area contributed by atoms with Crippen molar-refractivity contribution in [3.8, 4) is 6.07 Å². The fraction of sp³-hybridized carbons (Fsp3) is 0.429. The molecule has 1 aliphatic rings. The summed E-state index contributed by atoms with van der Waals surface area (Å²) in [4.78, 5) is 13.3. The maximum atomic E-state index is 12.2. The summed E-state index contributed by atoms with van der Waals surface area (Å²) in [6.45, 7) is 1.87. The van der Waals surface area contributed by atoms with Crippen LogP contribution in [-0.4, -0.2) is 28.2 Å². The fourth-order valence-electron chi connectivity index (χ4n) is 1.89. The summed E-state index contributed by atoms with van der Waals surface area (Å²) >= 11 is 6.61. The van der Waals surface area contributed by atoms with Crippen molar-refractivity contribution in [1.29, 1.82) is 5.26 Å². The summed E-state index contributed by atoms with van der Waals surface area (Å²) in [5, 5.41) is 12.0. The average molecular weight is 371 g/mol. The minimum absolute atomic E-state index is 0.0676. The highest BCUT2D eigenvalue weighted by molar-refractivity contribution is 9.10. The van der Waals surface area contributed by atoms with Gasteiger partial charge in [-0.1, -0.05) is 15.9 Å². The van der Waals surface area contributed by atoms with E-state index in [0.717, 1.165) is 21.5 Å². The molecule has 1 aliphatic heterocycles. The standard InChI is InChI=1S/C14H15BrN2OS2/c1-10(20-12-4-2-11(15)3-5-12)13(18)17-14(8-16)6-7-19-9-14/h2-5,10H,6-7,9H2,1H3,(H,17,18). The van der Waals surface area contributed by atoms with Crippen LogP contribution >= 0.6 is 39.5 Å². The highest BCUT2D eigenvalue weighted by atomic mass is 79.9. The van der Waals surface area contributed by atoms with Gasteiger partial charge in [0.15, 0.2) is 0 Å². The lowest BCUT2D eigenvalue weighted by Crippen LogP contribution is -2.50. The Bertz CT molecular complexity index is 521. The first-order valence-corrected chi connectivity index (χ1v) is 9.11. The summed E-state index contributed by atoms with van der Waals surface area (Å²) in [5.41, 5.74) is -0.670. The molecule has 0 radical (unpaired) electrons. The van der Waals surface area contributed by atoms with Crippen LogP contribution in [0.2, 0.25) is 0 Å². The van der Waals surface area contributed by atoms with E-state index in [-0.39, 0.29) is 11.2 Å². The number of nitrogens with one attached hydrogen (secondary N) is 1. The molecule has 2 rings (SSSR count). The van der Waals surface area contributed by atoms with E-state index in [0.29, 0.717) is 5.75 Å². The zero-order valence-corrected chi connectivity index (χ0v) is 14.3. The van der Waals surface area contributed by atoms with E-state index in [1.165, 1.54) is 11.8 Å². The number of hydrogen-bond donors (Lipinski definition) is 1. The van der Waals surface area contributed by atoms with Crippen LogP contribution in [-0.2, 0) is 4.79 Å². The molecule has 20 heavy (non-hydrogen) atoms. The van der Waals surface area contributed by atoms with E-state index in [4.69, 9.17) is 0 Å². The van der Waals surface area contributed by atoms with Crippen LogP contribution in [0.1, 0.15) is 13.3 Å². The second-order valence-electron chi connectivity index (χ2n) is 4.70. The molecule has 1 fully saturated rings. The van der Waals surface area contributed by atoms with Gasteiger partial charge in [0.1, 0.15) is 5.54 Å². The van der Waals surface area contributed by atoms with Crippen molar-refractivity contribution in [3.05, 3.63) is 28.7 Å². The third kappa shape index (κ3) is 3.94. The number of hydrogen-bond acceptors (Lipinski definition) is 4. The Hall–Kier alpha value is -0.640. The van der Waals surface area contributed by atoms with Gasteiger partial charge in [0.2, 0.25) is 5.91 Å². The van der Waals surface area contributed by atoms with Crippen molar-refractivity contribution in [1.82, 2.24) is 5.32 Å². The van der Waals surface area contributed by atoms with Gasteiger partial charge in [-0.2, -0.15) is 17.0 Å². The Balaban J connectivity index is 1.95. The molecule has 0 aliphatic carbocycles. The van der Waals surface area contributed by atoms with E-state index >= 15 is 0 Å². The number of benzene rings is 1. The molecule has 1 amide bonds. The number of nitrogens with zero attached hydrogens (tertiary/aromatic N) is 1. The molecule has 2 unspecified atom stereocenters. The van der Waals surface area contributed by atoms with Crippen LogP contribution in [0.5, 0.6) is 0 Å². The van der Waals surface area contributed by atoms with Gasteiger partial charge in [-0.05, 0) is 43.4 Å². The number of thioether (sulfide) groups is 2. The zero-order valence-electron chi connectivity index (χ0n) is 11.1. The van der Waals surface area contributed by atoms with Crippen LogP contribution in [0.25, 0.3) is 0 Å². The van der Waals surface area contributed by atoms with Crippen molar-refractivity contribution >= 4 is 45.4 Å². The Kier molecular flexibility index (Phi) is 5.42. The van der Waals surface area contributed by atoms with E-state index in [1.807, 2.05) is 31.2 Å². The molecule has 1 saturated heterocycles.